The fourth-order valence-corrected chi connectivity index (χ4v) is 19.5. The van der Waals surface area contributed by atoms with Crippen molar-refractivity contribution >= 4 is 92.0 Å². The second-order valence-corrected chi connectivity index (χ2v) is 25.4. The van der Waals surface area contributed by atoms with Crippen molar-refractivity contribution < 1.29 is 19.2 Å². The largest absolute Gasteiger partial charge is 0.268 e. The summed E-state index contributed by atoms with van der Waals surface area (Å²) in [7, 11) is -4.75. The highest BCUT2D eigenvalue weighted by Crippen LogP contribution is 2.55. The van der Waals surface area contributed by atoms with Crippen LogP contribution in [0.1, 0.15) is 52.6 Å². The van der Waals surface area contributed by atoms with Gasteiger partial charge in [0.25, 0.3) is 23.6 Å². The van der Waals surface area contributed by atoms with Crippen molar-refractivity contribution in [3.63, 3.8) is 0 Å². The molecular formula is C66H48N2O4P2+2. The molecule has 0 aliphatic carbocycles. The van der Waals surface area contributed by atoms with Gasteiger partial charge in [-0.05, 0) is 170 Å². The van der Waals surface area contributed by atoms with E-state index in [9.17, 15) is 19.2 Å². The molecule has 0 fully saturated rings. The quantitative estimate of drug-likeness (QED) is 0.0852. The number of fused-ring (bicyclic) bond motifs is 2. The Labute approximate surface area is 431 Å². The van der Waals surface area contributed by atoms with E-state index in [4.69, 9.17) is 0 Å². The number of hydrogen-bond donors (Lipinski definition) is 0. The number of imide groups is 2. The molecule has 0 bridgehead atoms. The molecule has 10 aromatic rings. The number of rotatable bonds is 13. The number of nitrogens with zero attached hydrogens (tertiary/aromatic N) is 2. The van der Waals surface area contributed by atoms with E-state index in [1.165, 1.54) is 41.6 Å². The van der Waals surface area contributed by atoms with Gasteiger partial charge in [0, 0.05) is 0 Å². The number of benzene rings is 10. The minimum absolute atomic E-state index is 0.356. The SMILES string of the molecule is O=C1c2ccc(CCc3ccc4c(c3)C(=O)N(c3ccc([P+](c5ccccc5)(c5ccccc5)c5ccccc5)cc3)C4=O)cc2C(=O)N1c1ccc([P+](c2ccccc2)(c2ccccc2)c2ccccc2)cc1. The Morgan fingerprint density at radius 2 is 0.473 bits per heavy atom. The van der Waals surface area contributed by atoms with Crippen molar-refractivity contribution in [3.8, 4) is 0 Å². The summed E-state index contributed by atoms with van der Waals surface area (Å²) in [5.41, 5.74) is 4.25. The van der Waals surface area contributed by atoms with E-state index < -0.39 is 14.5 Å². The molecule has 2 aliphatic heterocycles. The third kappa shape index (κ3) is 7.74. The lowest BCUT2D eigenvalue weighted by molar-refractivity contribution is 0.0910. The first-order valence-corrected chi connectivity index (χ1v) is 28.3. The van der Waals surface area contributed by atoms with Crippen LogP contribution >= 0.6 is 14.5 Å². The van der Waals surface area contributed by atoms with Crippen molar-refractivity contribution in [2.45, 2.75) is 12.8 Å². The standard InChI is InChI=1S/C66H48N2O4P2/c69-63-59-43-33-47(45-61(59)65(71)67(63)49-35-39-57(40-36-49)73(51-19-7-1-8-20-51,52-21-9-2-10-22-52)53-23-11-3-12-24-53)31-32-48-34-44-60-62(46-48)66(72)68(64(60)70)50-37-41-58(42-38-50)74(54-25-13-4-14-26-54,55-27-15-5-16-28-55)56-29-17-6-18-30-56/h1-30,33-46H,31-32H2/q+2. The molecule has 0 aromatic heterocycles. The van der Waals surface area contributed by atoms with Crippen molar-refractivity contribution in [2.75, 3.05) is 9.80 Å². The van der Waals surface area contributed by atoms with E-state index in [0.29, 0.717) is 46.5 Å². The van der Waals surface area contributed by atoms with Crippen LogP contribution in [-0.2, 0) is 12.8 Å². The summed E-state index contributed by atoms with van der Waals surface area (Å²) in [6.45, 7) is 0. The number of carbonyl (C=O) groups is 4. The maximum atomic E-state index is 14.2. The zero-order valence-corrected chi connectivity index (χ0v) is 42.0. The third-order valence-corrected chi connectivity index (χ3v) is 23.0. The third-order valence-electron chi connectivity index (χ3n) is 14.5. The molecule has 6 nitrogen and oxygen atoms in total. The Balaban J connectivity index is 0.780. The lowest BCUT2D eigenvalue weighted by Gasteiger charge is -2.28. The van der Waals surface area contributed by atoms with Crippen LogP contribution in [0.25, 0.3) is 0 Å². The molecule has 2 aliphatic rings. The van der Waals surface area contributed by atoms with Gasteiger partial charge in [-0.25, -0.2) is 9.80 Å². The molecule has 12 rings (SSSR count). The van der Waals surface area contributed by atoms with Crippen LogP contribution in [0, 0.1) is 0 Å². The second kappa shape index (κ2) is 19.4. The van der Waals surface area contributed by atoms with Crippen molar-refractivity contribution in [2.24, 2.45) is 0 Å². The lowest BCUT2D eigenvalue weighted by Crippen LogP contribution is -2.38. The van der Waals surface area contributed by atoms with Crippen molar-refractivity contribution in [1.29, 1.82) is 0 Å². The molecule has 8 heteroatoms. The topological polar surface area (TPSA) is 74.8 Å². The van der Waals surface area contributed by atoms with E-state index in [2.05, 4.69) is 170 Å². The van der Waals surface area contributed by atoms with Crippen LogP contribution in [-0.4, -0.2) is 23.6 Å². The molecule has 0 spiro atoms. The Hall–Kier alpha value is -8.66. The Kier molecular flexibility index (Phi) is 12.2. The molecule has 10 aromatic carbocycles. The second-order valence-electron chi connectivity index (χ2n) is 18.5. The van der Waals surface area contributed by atoms with Crippen molar-refractivity contribution in [3.05, 3.63) is 300 Å². The Bertz CT molecular complexity index is 3290. The molecule has 4 amide bonds. The minimum Gasteiger partial charge on any atom is -0.268 e. The van der Waals surface area contributed by atoms with Crippen LogP contribution < -0.4 is 52.2 Å². The van der Waals surface area contributed by atoms with Gasteiger partial charge in [0.05, 0.1) is 33.6 Å². The number of carbonyl (C=O) groups excluding carboxylic acids is 4. The molecule has 0 saturated carbocycles. The maximum Gasteiger partial charge on any atom is 0.266 e. The predicted molar refractivity (Wildman–Crippen MR) is 305 cm³/mol. The van der Waals surface area contributed by atoms with E-state index in [0.717, 1.165) is 21.7 Å². The molecule has 2 heterocycles. The summed E-state index contributed by atoms with van der Waals surface area (Å²) in [6.07, 6.45) is 1.10. The number of anilines is 2. The van der Waals surface area contributed by atoms with Crippen LogP contribution in [0.5, 0.6) is 0 Å². The zero-order valence-electron chi connectivity index (χ0n) is 40.2. The Morgan fingerprint density at radius 3 is 0.730 bits per heavy atom. The van der Waals surface area contributed by atoms with E-state index in [1.807, 2.05) is 84.9 Å². The highest BCUT2D eigenvalue weighted by molar-refractivity contribution is 8.02. The minimum atomic E-state index is -2.37. The van der Waals surface area contributed by atoms with Crippen molar-refractivity contribution in [1.82, 2.24) is 0 Å². The smallest absolute Gasteiger partial charge is 0.266 e. The van der Waals surface area contributed by atoms with Gasteiger partial charge in [0.15, 0.2) is 0 Å². The zero-order chi connectivity index (χ0) is 50.2. The van der Waals surface area contributed by atoms with E-state index in [1.54, 1.807) is 12.1 Å². The van der Waals surface area contributed by atoms with Gasteiger partial charge >= 0.3 is 0 Å². The summed E-state index contributed by atoms with van der Waals surface area (Å²) in [5.74, 6) is -1.44. The van der Waals surface area contributed by atoms with Gasteiger partial charge in [0.2, 0.25) is 0 Å². The Morgan fingerprint density at radius 1 is 0.243 bits per heavy atom. The average molecular weight is 995 g/mol. The van der Waals surface area contributed by atoms with Crippen LogP contribution in [0.2, 0.25) is 0 Å². The van der Waals surface area contributed by atoms with Crippen LogP contribution in [0.3, 0.4) is 0 Å². The molecule has 0 atom stereocenters. The monoisotopic (exact) mass is 994 g/mol. The highest BCUT2D eigenvalue weighted by Gasteiger charge is 2.50. The summed E-state index contributed by atoms with van der Waals surface area (Å²) in [6, 6.07) is 90.3. The van der Waals surface area contributed by atoms with Gasteiger partial charge in [-0.3, -0.25) is 19.2 Å². The summed E-state index contributed by atoms with van der Waals surface area (Å²) in [4.78, 5) is 59.1. The van der Waals surface area contributed by atoms with Crippen LogP contribution in [0.4, 0.5) is 11.4 Å². The fourth-order valence-electron chi connectivity index (χ4n) is 11.0. The van der Waals surface area contributed by atoms with Gasteiger partial charge in [-0.1, -0.05) is 121 Å². The molecule has 0 radical (unpaired) electrons. The lowest BCUT2D eigenvalue weighted by atomic mass is 9.98. The summed E-state index contributed by atoms with van der Waals surface area (Å²) < 4.78 is 0. The number of hydrogen-bond acceptors (Lipinski definition) is 4. The van der Waals surface area contributed by atoms with Gasteiger partial charge in [0.1, 0.15) is 57.0 Å². The first-order valence-electron chi connectivity index (χ1n) is 24.7. The highest BCUT2D eigenvalue weighted by atomic mass is 31.2. The predicted octanol–water partition coefficient (Wildman–Crippen LogP) is 10.3. The normalized spacial score (nSPS) is 13.3. The maximum absolute atomic E-state index is 14.2. The molecule has 354 valence electrons. The number of amides is 4. The number of aryl methyl sites for hydroxylation is 2. The molecule has 0 saturated heterocycles. The van der Waals surface area contributed by atoms with E-state index >= 15 is 0 Å². The van der Waals surface area contributed by atoms with Gasteiger partial charge in [-0.15, -0.1) is 0 Å². The summed E-state index contributed by atoms with van der Waals surface area (Å²) in [5, 5.41) is 9.45. The summed E-state index contributed by atoms with van der Waals surface area (Å²) >= 11 is 0. The van der Waals surface area contributed by atoms with E-state index in [-0.39, 0.29) is 23.6 Å². The first-order chi connectivity index (χ1) is 36.4. The van der Waals surface area contributed by atoms with Gasteiger partial charge < -0.3 is 0 Å². The van der Waals surface area contributed by atoms with Crippen LogP contribution in [0.15, 0.2) is 267 Å². The first kappa shape index (κ1) is 46.4. The molecule has 0 unspecified atom stereocenters. The van der Waals surface area contributed by atoms with Gasteiger partial charge in [-0.2, -0.15) is 0 Å². The molecular weight excluding hydrogens is 947 g/mol. The average Bonchev–Trinajstić information content (AvgIpc) is 3.88. The fraction of sp³-hybridized carbons (Fsp3) is 0.0303. The molecule has 0 N–H and O–H groups in total. The molecule has 74 heavy (non-hydrogen) atoms.